The fourth-order valence-corrected chi connectivity index (χ4v) is 2.87. The van der Waals surface area contributed by atoms with Crippen LogP contribution in [0.5, 0.6) is 0 Å². The molecular formula is C16H23FO. The molecule has 1 aliphatic rings. The number of aryl methyl sites for hydroxylation is 1. The van der Waals surface area contributed by atoms with Crippen molar-refractivity contribution >= 4 is 0 Å². The molecule has 2 heteroatoms. The minimum absolute atomic E-state index is 0.215. The zero-order valence-corrected chi connectivity index (χ0v) is 11.2. The molecule has 1 N–H and O–H groups in total. The van der Waals surface area contributed by atoms with Gasteiger partial charge in [-0.1, -0.05) is 50.7 Å². The van der Waals surface area contributed by atoms with E-state index in [0.29, 0.717) is 11.5 Å². The van der Waals surface area contributed by atoms with Crippen LogP contribution in [0.4, 0.5) is 4.39 Å². The molecule has 0 radical (unpaired) electrons. The first-order valence-corrected chi connectivity index (χ1v) is 7.11. The van der Waals surface area contributed by atoms with Gasteiger partial charge in [-0.2, -0.15) is 0 Å². The van der Waals surface area contributed by atoms with Crippen molar-refractivity contribution in [2.24, 2.45) is 5.92 Å². The third-order valence-corrected chi connectivity index (χ3v) is 4.11. The maximum Gasteiger partial charge on any atom is 0.126 e. The monoisotopic (exact) mass is 250 g/mol. The molecule has 1 nitrogen and oxygen atoms in total. The van der Waals surface area contributed by atoms with Crippen molar-refractivity contribution in [2.45, 2.75) is 58.0 Å². The van der Waals surface area contributed by atoms with Gasteiger partial charge in [-0.05, 0) is 36.5 Å². The summed E-state index contributed by atoms with van der Waals surface area (Å²) in [6, 6.07) is 5.08. The van der Waals surface area contributed by atoms with Crippen LogP contribution in [0.25, 0.3) is 0 Å². The van der Waals surface area contributed by atoms with E-state index in [1.54, 1.807) is 13.0 Å². The Morgan fingerprint density at radius 1 is 1.22 bits per heavy atom. The Morgan fingerprint density at radius 2 is 1.89 bits per heavy atom. The van der Waals surface area contributed by atoms with Crippen LogP contribution in [0.15, 0.2) is 18.2 Å². The lowest BCUT2D eigenvalue weighted by atomic mass is 9.91. The van der Waals surface area contributed by atoms with Crippen molar-refractivity contribution in [2.75, 3.05) is 0 Å². The summed E-state index contributed by atoms with van der Waals surface area (Å²) in [5.41, 5.74) is 1.36. The van der Waals surface area contributed by atoms with Crippen LogP contribution in [0.1, 0.15) is 62.2 Å². The lowest BCUT2D eigenvalue weighted by Gasteiger charge is -2.19. The van der Waals surface area contributed by atoms with Crippen LogP contribution in [0.2, 0.25) is 0 Å². The highest BCUT2D eigenvalue weighted by Gasteiger charge is 2.18. The summed E-state index contributed by atoms with van der Waals surface area (Å²) in [6.45, 7) is 1.75. The zero-order valence-electron chi connectivity index (χ0n) is 11.2. The van der Waals surface area contributed by atoms with E-state index in [-0.39, 0.29) is 5.82 Å². The maximum absolute atomic E-state index is 13.5. The van der Waals surface area contributed by atoms with E-state index in [2.05, 4.69) is 0 Å². The second kappa shape index (κ2) is 6.33. The van der Waals surface area contributed by atoms with Gasteiger partial charge >= 0.3 is 0 Å². The van der Waals surface area contributed by atoms with Gasteiger partial charge in [0.05, 0.1) is 6.10 Å². The molecule has 0 aliphatic heterocycles. The number of benzene rings is 1. The summed E-state index contributed by atoms with van der Waals surface area (Å²) in [4.78, 5) is 0. The molecule has 0 spiro atoms. The molecule has 1 fully saturated rings. The molecular weight excluding hydrogens is 227 g/mol. The van der Waals surface area contributed by atoms with Gasteiger partial charge in [-0.3, -0.25) is 0 Å². The lowest BCUT2D eigenvalue weighted by molar-refractivity contribution is 0.138. The average Bonchev–Trinajstić information content (AvgIpc) is 2.61. The fraction of sp³-hybridized carbons (Fsp3) is 0.625. The summed E-state index contributed by atoms with van der Waals surface area (Å²) in [6.07, 6.45) is 7.90. The molecule has 1 aromatic carbocycles. The smallest absolute Gasteiger partial charge is 0.126 e. The Morgan fingerprint density at radius 3 is 2.50 bits per heavy atom. The highest BCUT2D eigenvalue weighted by Crippen LogP contribution is 2.31. The third-order valence-electron chi connectivity index (χ3n) is 4.11. The number of rotatable bonds is 3. The van der Waals surface area contributed by atoms with E-state index >= 15 is 0 Å². The minimum Gasteiger partial charge on any atom is -0.388 e. The Labute approximate surface area is 109 Å². The predicted molar refractivity (Wildman–Crippen MR) is 71.9 cm³/mol. The van der Waals surface area contributed by atoms with E-state index in [1.165, 1.54) is 44.6 Å². The molecule has 0 saturated heterocycles. The Hall–Kier alpha value is -0.890. The Kier molecular flexibility index (Phi) is 4.76. The Balaban J connectivity index is 1.97. The number of hydrogen-bond acceptors (Lipinski definition) is 1. The van der Waals surface area contributed by atoms with Gasteiger partial charge < -0.3 is 5.11 Å². The van der Waals surface area contributed by atoms with Gasteiger partial charge in [0.1, 0.15) is 5.82 Å². The van der Waals surface area contributed by atoms with E-state index < -0.39 is 6.10 Å². The van der Waals surface area contributed by atoms with Crippen molar-refractivity contribution in [3.05, 3.63) is 35.1 Å². The fourth-order valence-electron chi connectivity index (χ4n) is 2.87. The zero-order chi connectivity index (χ0) is 13.0. The van der Waals surface area contributed by atoms with Gasteiger partial charge in [0.25, 0.3) is 0 Å². The van der Waals surface area contributed by atoms with Crippen molar-refractivity contribution in [1.82, 2.24) is 0 Å². The summed E-state index contributed by atoms with van der Waals surface area (Å²) in [5.74, 6) is 0.388. The van der Waals surface area contributed by atoms with Crippen molar-refractivity contribution in [1.29, 1.82) is 0 Å². The maximum atomic E-state index is 13.5. The second-order valence-corrected chi connectivity index (χ2v) is 5.62. The molecule has 1 aromatic rings. The highest BCUT2D eigenvalue weighted by atomic mass is 19.1. The van der Waals surface area contributed by atoms with Gasteiger partial charge in [-0.25, -0.2) is 4.39 Å². The van der Waals surface area contributed by atoms with E-state index in [9.17, 15) is 9.50 Å². The minimum atomic E-state index is -0.511. The largest absolute Gasteiger partial charge is 0.388 e. The molecule has 1 unspecified atom stereocenters. The molecule has 1 atom stereocenters. The first-order valence-electron chi connectivity index (χ1n) is 7.11. The molecule has 0 aromatic heterocycles. The topological polar surface area (TPSA) is 20.2 Å². The first kappa shape index (κ1) is 13.5. The first-order chi connectivity index (χ1) is 8.66. The number of hydrogen-bond donors (Lipinski definition) is 1. The number of aliphatic hydroxyl groups excluding tert-OH is 1. The van der Waals surface area contributed by atoms with E-state index in [0.717, 1.165) is 12.0 Å². The van der Waals surface area contributed by atoms with Crippen LogP contribution in [-0.2, 0) is 0 Å². The molecule has 0 bridgehead atoms. The SMILES string of the molecule is Cc1ccc(C(O)CC2CCCCCC2)cc1F. The lowest BCUT2D eigenvalue weighted by Crippen LogP contribution is -2.07. The molecule has 2 rings (SSSR count). The van der Waals surface area contributed by atoms with Gasteiger partial charge in [0.15, 0.2) is 0 Å². The standard InChI is InChI=1S/C16H23FO/c1-12-8-9-14(11-15(12)17)16(18)10-13-6-4-2-3-5-7-13/h8-9,11,13,16,18H,2-7,10H2,1H3. The van der Waals surface area contributed by atoms with Crippen LogP contribution < -0.4 is 0 Å². The van der Waals surface area contributed by atoms with Crippen molar-refractivity contribution in [3.63, 3.8) is 0 Å². The third kappa shape index (κ3) is 3.55. The van der Waals surface area contributed by atoms with E-state index in [4.69, 9.17) is 0 Å². The normalized spacial score (nSPS) is 19.5. The van der Waals surface area contributed by atoms with Gasteiger partial charge in [0.2, 0.25) is 0 Å². The summed E-state index contributed by atoms with van der Waals surface area (Å²) >= 11 is 0. The Bertz CT molecular complexity index is 381. The number of aliphatic hydroxyl groups is 1. The van der Waals surface area contributed by atoms with E-state index in [1.807, 2.05) is 6.07 Å². The van der Waals surface area contributed by atoms with Crippen molar-refractivity contribution < 1.29 is 9.50 Å². The second-order valence-electron chi connectivity index (χ2n) is 5.62. The average molecular weight is 250 g/mol. The van der Waals surface area contributed by atoms with Crippen molar-refractivity contribution in [3.8, 4) is 0 Å². The molecule has 0 heterocycles. The summed E-state index contributed by atoms with van der Waals surface area (Å²) in [5, 5.41) is 10.2. The highest BCUT2D eigenvalue weighted by molar-refractivity contribution is 5.24. The molecule has 1 saturated carbocycles. The quantitative estimate of drug-likeness (QED) is 0.781. The molecule has 1 aliphatic carbocycles. The van der Waals surface area contributed by atoms with Crippen LogP contribution in [-0.4, -0.2) is 5.11 Å². The summed E-state index contributed by atoms with van der Waals surface area (Å²) < 4.78 is 13.5. The predicted octanol–water partition coefficient (Wildman–Crippen LogP) is 4.53. The van der Waals surface area contributed by atoms with Crippen LogP contribution in [0.3, 0.4) is 0 Å². The number of halogens is 1. The van der Waals surface area contributed by atoms with Gasteiger partial charge in [0, 0.05) is 0 Å². The van der Waals surface area contributed by atoms with Gasteiger partial charge in [-0.15, -0.1) is 0 Å². The molecule has 18 heavy (non-hydrogen) atoms. The molecule has 100 valence electrons. The molecule has 0 amide bonds. The summed E-state index contributed by atoms with van der Waals surface area (Å²) in [7, 11) is 0. The van der Waals surface area contributed by atoms with Crippen LogP contribution in [0, 0.1) is 18.7 Å². The van der Waals surface area contributed by atoms with Crippen LogP contribution >= 0.6 is 0 Å².